The van der Waals surface area contributed by atoms with Gasteiger partial charge in [-0.3, -0.25) is 4.98 Å². The van der Waals surface area contributed by atoms with Gasteiger partial charge < -0.3 is 0 Å². The molecule has 0 spiro atoms. The van der Waals surface area contributed by atoms with Gasteiger partial charge in [0.25, 0.3) is 0 Å². The number of pyridine rings is 1. The van der Waals surface area contributed by atoms with Gasteiger partial charge in [-0.05, 0) is 31.9 Å². The van der Waals surface area contributed by atoms with E-state index in [1.54, 1.807) is 0 Å². The van der Waals surface area contributed by atoms with Crippen molar-refractivity contribution in [2.75, 3.05) is 0 Å². The molecule has 0 fully saturated rings. The summed E-state index contributed by atoms with van der Waals surface area (Å²) in [6.07, 6.45) is 1.92. The standard InChI is InChI=1S/C14H15N/c1-10-4-6-13(7-5-10)14-12(3)8-11(2)9-15-14/h4-9H,1-3H3. The van der Waals surface area contributed by atoms with Crippen LogP contribution in [0, 0.1) is 20.8 Å². The van der Waals surface area contributed by atoms with Crippen molar-refractivity contribution < 1.29 is 0 Å². The Morgan fingerprint density at radius 1 is 0.867 bits per heavy atom. The van der Waals surface area contributed by atoms with Gasteiger partial charge in [-0.2, -0.15) is 0 Å². The van der Waals surface area contributed by atoms with Crippen molar-refractivity contribution in [3.63, 3.8) is 0 Å². The van der Waals surface area contributed by atoms with E-state index in [0.717, 1.165) is 5.69 Å². The van der Waals surface area contributed by atoms with Crippen LogP contribution in [-0.2, 0) is 0 Å². The minimum absolute atomic E-state index is 1.08. The molecule has 0 saturated heterocycles. The zero-order valence-corrected chi connectivity index (χ0v) is 9.41. The maximum absolute atomic E-state index is 4.48. The molecule has 1 aromatic carbocycles. The SMILES string of the molecule is Cc1ccc(-c2ncc(C)cc2C)cc1. The quantitative estimate of drug-likeness (QED) is 0.679. The van der Waals surface area contributed by atoms with E-state index < -0.39 is 0 Å². The minimum atomic E-state index is 1.08. The van der Waals surface area contributed by atoms with E-state index in [2.05, 4.69) is 56.1 Å². The first-order chi connectivity index (χ1) is 7.16. The van der Waals surface area contributed by atoms with Crippen LogP contribution in [0.5, 0.6) is 0 Å². The zero-order chi connectivity index (χ0) is 10.8. The van der Waals surface area contributed by atoms with Crippen LogP contribution >= 0.6 is 0 Å². The van der Waals surface area contributed by atoms with Gasteiger partial charge in [0.05, 0.1) is 5.69 Å². The van der Waals surface area contributed by atoms with Gasteiger partial charge in [-0.1, -0.05) is 35.9 Å². The van der Waals surface area contributed by atoms with Crippen molar-refractivity contribution in [1.82, 2.24) is 4.98 Å². The molecule has 1 aromatic heterocycles. The molecule has 0 amide bonds. The summed E-state index contributed by atoms with van der Waals surface area (Å²) in [5.74, 6) is 0. The summed E-state index contributed by atoms with van der Waals surface area (Å²) >= 11 is 0. The van der Waals surface area contributed by atoms with Gasteiger partial charge >= 0.3 is 0 Å². The molecule has 0 N–H and O–H groups in total. The fraction of sp³-hybridized carbons (Fsp3) is 0.214. The van der Waals surface area contributed by atoms with E-state index in [9.17, 15) is 0 Å². The van der Waals surface area contributed by atoms with E-state index in [-0.39, 0.29) is 0 Å². The van der Waals surface area contributed by atoms with Crippen LogP contribution in [0.25, 0.3) is 11.3 Å². The van der Waals surface area contributed by atoms with Crippen molar-refractivity contribution >= 4 is 0 Å². The Labute approximate surface area is 90.8 Å². The Morgan fingerprint density at radius 3 is 2.13 bits per heavy atom. The summed E-state index contributed by atoms with van der Waals surface area (Å²) in [7, 11) is 0. The van der Waals surface area contributed by atoms with Gasteiger partial charge in [0.1, 0.15) is 0 Å². The molecular formula is C14H15N. The Kier molecular flexibility index (Phi) is 2.55. The smallest absolute Gasteiger partial charge is 0.0731 e. The van der Waals surface area contributed by atoms with Gasteiger partial charge in [0.2, 0.25) is 0 Å². The summed E-state index contributed by atoms with van der Waals surface area (Å²) in [6, 6.07) is 10.7. The molecule has 0 unspecified atom stereocenters. The Hall–Kier alpha value is -1.63. The Bertz CT molecular complexity index is 469. The number of rotatable bonds is 1. The second-order valence-corrected chi connectivity index (χ2v) is 4.04. The largest absolute Gasteiger partial charge is 0.256 e. The molecule has 1 nitrogen and oxygen atoms in total. The first-order valence-corrected chi connectivity index (χ1v) is 5.17. The maximum Gasteiger partial charge on any atom is 0.0731 e. The highest BCUT2D eigenvalue weighted by atomic mass is 14.7. The Balaban J connectivity index is 2.49. The molecule has 0 aliphatic heterocycles. The molecule has 0 radical (unpaired) electrons. The van der Waals surface area contributed by atoms with Gasteiger partial charge in [0, 0.05) is 11.8 Å². The summed E-state index contributed by atoms with van der Waals surface area (Å²) in [4.78, 5) is 4.48. The molecule has 0 aliphatic rings. The lowest BCUT2D eigenvalue weighted by molar-refractivity contribution is 1.22. The highest BCUT2D eigenvalue weighted by Crippen LogP contribution is 2.21. The van der Waals surface area contributed by atoms with Crippen LogP contribution in [0.3, 0.4) is 0 Å². The first kappa shape index (κ1) is 9.91. The number of hydrogen-bond acceptors (Lipinski definition) is 1. The second kappa shape index (κ2) is 3.85. The molecule has 0 saturated carbocycles. The summed E-state index contributed by atoms with van der Waals surface area (Å²) in [5.41, 5.74) is 6.00. The molecular weight excluding hydrogens is 182 g/mol. The highest BCUT2D eigenvalue weighted by molar-refractivity contribution is 5.63. The molecule has 1 heterocycles. The number of benzene rings is 1. The van der Waals surface area contributed by atoms with E-state index in [1.807, 2.05) is 6.20 Å². The molecule has 15 heavy (non-hydrogen) atoms. The molecule has 76 valence electrons. The van der Waals surface area contributed by atoms with Gasteiger partial charge in [-0.25, -0.2) is 0 Å². The van der Waals surface area contributed by atoms with E-state index in [1.165, 1.54) is 22.3 Å². The van der Waals surface area contributed by atoms with E-state index in [4.69, 9.17) is 0 Å². The van der Waals surface area contributed by atoms with Crippen molar-refractivity contribution in [3.8, 4) is 11.3 Å². The molecule has 2 aromatic rings. The number of nitrogens with zero attached hydrogens (tertiary/aromatic N) is 1. The van der Waals surface area contributed by atoms with Gasteiger partial charge in [-0.15, -0.1) is 0 Å². The highest BCUT2D eigenvalue weighted by Gasteiger charge is 2.02. The van der Waals surface area contributed by atoms with Crippen LogP contribution in [-0.4, -0.2) is 4.98 Å². The molecule has 0 atom stereocenters. The summed E-state index contributed by atoms with van der Waals surface area (Å²) in [5, 5.41) is 0. The predicted molar refractivity (Wildman–Crippen MR) is 63.9 cm³/mol. The molecule has 0 aliphatic carbocycles. The Morgan fingerprint density at radius 2 is 1.53 bits per heavy atom. The van der Waals surface area contributed by atoms with Crippen LogP contribution in [0.4, 0.5) is 0 Å². The number of aromatic nitrogens is 1. The third-order valence-corrected chi connectivity index (χ3v) is 2.54. The molecule has 1 heteroatoms. The van der Waals surface area contributed by atoms with Gasteiger partial charge in [0.15, 0.2) is 0 Å². The average Bonchev–Trinajstić information content (AvgIpc) is 2.20. The summed E-state index contributed by atoms with van der Waals surface area (Å²) < 4.78 is 0. The van der Waals surface area contributed by atoms with Crippen molar-refractivity contribution in [3.05, 3.63) is 53.2 Å². The lowest BCUT2D eigenvalue weighted by atomic mass is 10.0. The average molecular weight is 197 g/mol. The minimum Gasteiger partial charge on any atom is -0.256 e. The van der Waals surface area contributed by atoms with Crippen molar-refractivity contribution in [2.45, 2.75) is 20.8 Å². The number of aryl methyl sites for hydroxylation is 3. The number of hydrogen-bond donors (Lipinski definition) is 0. The normalized spacial score (nSPS) is 10.3. The monoisotopic (exact) mass is 197 g/mol. The summed E-state index contributed by atoms with van der Waals surface area (Å²) in [6.45, 7) is 6.27. The molecule has 0 bridgehead atoms. The van der Waals surface area contributed by atoms with Crippen LogP contribution in [0.15, 0.2) is 36.5 Å². The lowest BCUT2D eigenvalue weighted by Crippen LogP contribution is -1.89. The molecule has 2 rings (SSSR count). The van der Waals surface area contributed by atoms with E-state index >= 15 is 0 Å². The second-order valence-electron chi connectivity index (χ2n) is 4.04. The lowest BCUT2D eigenvalue weighted by Gasteiger charge is -2.06. The van der Waals surface area contributed by atoms with Crippen LogP contribution < -0.4 is 0 Å². The van der Waals surface area contributed by atoms with Crippen molar-refractivity contribution in [2.24, 2.45) is 0 Å². The fourth-order valence-corrected chi connectivity index (χ4v) is 1.73. The van der Waals surface area contributed by atoms with Crippen LogP contribution in [0.2, 0.25) is 0 Å². The first-order valence-electron chi connectivity index (χ1n) is 5.17. The fourth-order valence-electron chi connectivity index (χ4n) is 1.73. The predicted octanol–water partition coefficient (Wildman–Crippen LogP) is 3.67. The third-order valence-electron chi connectivity index (χ3n) is 2.54. The van der Waals surface area contributed by atoms with Crippen molar-refractivity contribution in [1.29, 1.82) is 0 Å². The topological polar surface area (TPSA) is 12.9 Å². The third kappa shape index (κ3) is 2.07. The zero-order valence-electron chi connectivity index (χ0n) is 9.41. The van der Waals surface area contributed by atoms with E-state index in [0.29, 0.717) is 0 Å². The van der Waals surface area contributed by atoms with Crippen LogP contribution in [0.1, 0.15) is 16.7 Å². The maximum atomic E-state index is 4.48.